The van der Waals surface area contributed by atoms with Crippen molar-refractivity contribution in [2.45, 2.75) is 0 Å². The number of furan rings is 2. The minimum Gasteiger partial charge on any atom is -0.455 e. The Morgan fingerprint density at radius 1 is 0.212 bits per heavy atom. The Morgan fingerprint density at radius 3 is 1.11 bits per heavy atom. The molecular weight excluding hydrogens is 1030 g/mol. The molecule has 3 aromatic heterocycles. The average molecular weight is 1080 g/mol. The number of hydrogen-bond acceptors (Lipinski definition) is 2. The summed E-state index contributed by atoms with van der Waals surface area (Å²) in [6.07, 6.45) is 0. The van der Waals surface area contributed by atoms with Crippen LogP contribution in [0.25, 0.3) is 181 Å². The van der Waals surface area contributed by atoms with Gasteiger partial charge in [-0.2, -0.15) is 0 Å². The molecule has 15 aromatic carbocycles. The molecule has 0 radical (unpaired) electrons. The first kappa shape index (κ1) is 47.4. The molecule has 3 nitrogen and oxygen atoms in total. The molecule has 18 aromatic rings. The summed E-state index contributed by atoms with van der Waals surface area (Å²) in [5.41, 5.74) is 20.7. The highest BCUT2D eigenvalue weighted by atomic mass is 16.3. The van der Waals surface area contributed by atoms with E-state index >= 15 is 0 Å². The van der Waals surface area contributed by atoms with E-state index < -0.39 is 0 Å². The highest BCUT2D eigenvalue weighted by Crippen LogP contribution is 2.48. The van der Waals surface area contributed by atoms with E-state index in [2.05, 4.69) is 290 Å². The zero-order valence-corrected chi connectivity index (χ0v) is 46.1. The van der Waals surface area contributed by atoms with Crippen LogP contribution in [-0.4, -0.2) is 4.57 Å². The number of rotatable bonds is 7. The molecule has 0 amide bonds. The van der Waals surface area contributed by atoms with E-state index in [4.69, 9.17) is 8.83 Å². The number of para-hydroxylation sites is 4. The molecule has 0 aliphatic heterocycles. The Balaban J connectivity index is 0.869. The van der Waals surface area contributed by atoms with Gasteiger partial charge in [0.2, 0.25) is 0 Å². The van der Waals surface area contributed by atoms with Crippen molar-refractivity contribution in [3.8, 4) is 72.4 Å². The first-order valence-corrected chi connectivity index (χ1v) is 29.2. The lowest BCUT2D eigenvalue weighted by atomic mass is 9.85. The summed E-state index contributed by atoms with van der Waals surface area (Å²) in [7, 11) is 0. The van der Waals surface area contributed by atoms with Crippen LogP contribution in [0.4, 0.5) is 0 Å². The summed E-state index contributed by atoms with van der Waals surface area (Å²) in [5.74, 6) is 0. The van der Waals surface area contributed by atoms with Crippen molar-refractivity contribution in [2.24, 2.45) is 0 Å². The van der Waals surface area contributed by atoms with E-state index in [1.54, 1.807) is 0 Å². The van der Waals surface area contributed by atoms with Crippen molar-refractivity contribution < 1.29 is 8.83 Å². The van der Waals surface area contributed by atoms with Crippen LogP contribution >= 0.6 is 0 Å². The number of aromatic nitrogens is 1. The summed E-state index contributed by atoms with van der Waals surface area (Å²) >= 11 is 0. The SMILES string of the molecule is c1ccc2cc(-c3ccc(-c4c5ccccc5c(-c5ccc(-c6ccc7ccccc7c6)cc5)c5cc(-n6c7ccc(-c8cccc9c8oc8ccccc89)cc7c7cc(-c8cccc9c8oc8ccccc89)ccc76)ccc45)cc3)ccc2c1. The minimum absolute atomic E-state index is 0.887. The van der Waals surface area contributed by atoms with Crippen LogP contribution in [0.3, 0.4) is 0 Å². The summed E-state index contributed by atoms with van der Waals surface area (Å²) in [6.45, 7) is 0. The van der Waals surface area contributed by atoms with Gasteiger partial charge in [0.05, 0.1) is 11.0 Å². The lowest BCUT2D eigenvalue weighted by Gasteiger charge is -2.20. The molecule has 0 unspecified atom stereocenters. The number of benzene rings is 15. The molecule has 0 aliphatic rings. The van der Waals surface area contributed by atoms with Crippen LogP contribution in [0.15, 0.2) is 306 Å². The molecule has 85 heavy (non-hydrogen) atoms. The van der Waals surface area contributed by atoms with Crippen molar-refractivity contribution in [3.63, 3.8) is 0 Å². The van der Waals surface area contributed by atoms with Crippen LogP contribution < -0.4 is 0 Å². The maximum atomic E-state index is 6.68. The fourth-order valence-electron chi connectivity index (χ4n) is 13.9. The third-order valence-electron chi connectivity index (χ3n) is 18.0. The van der Waals surface area contributed by atoms with Crippen molar-refractivity contribution in [1.29, 1.82) is 0 Å². The molecule has 0 fully saturated rings. The van der Waals surface area contributed by atoms with E-state index in [1.165, 1.54) is 82.0 Å². The predicted octanol–water partition coefficient (Wildman–Crippen LogP) is 23.2. The second-order valence-electron chi connectivity index (χ2n) is 22.7. The number of nitrogens with zero attached hydrogens (tertiary/aromatic N) is 1. The second kappa shape index (κ2) is 18.6. The van der Waals surface area contributed by atoms with Gasteiger partial charge in [-0.1, -0.05) is 237 Å². The zero-order valence-electron chi connectivity index (χ0n) is 46.1. The maximum Gasteiger partial charge on any atom is 0.143 e. The predicted molar refractivity (Wildman–Crippen MR) is 358 cm³/mol. The third-order valence-corrected chi connectivity index (χ3v) is 18.0. The van der Waals surface area contributed by atoms with Crippen LogP contribution in [0.5, 0.6) is 0 Å². The van der Waals surface area contributed by atoms with E-state index in [0.29, 0.717) is 0 Å². The second-order valence-corrected chi connectivity index (χ2v) is 22.7. The fraction of sp³-hybridized carbons (Fsp3) is 0. The Kier molecular flexibility index (Phi) is 10.4. The standard InChI is InChI=1S/C82H49NO2/c1-3-15-56-45-58(37-31-50(56)13-1)52-27-33-54(34-28-52)79-67-19-5-6-20-68(67)80(55-35-29-53(30-36-55)59-38-32-51-14-2-4-16-57(51)46-59)74-49-62(41-42-69(74)79)83-75-43-39-60(63-21-11-23-70-65-17-7-9-25-77(65)84-81(63)70)47-72(75)73-48-61(40-44-76(73)83)64-22-12-24-71-66-18-8-10-26-78(66)85-82(64)71/h1-49H. The van der Waals surface area contributed by atoms with Crippen LogP contribution in [0, 0.1) is 0 Å². The van der Waals surface area contributed by atoms with Gasteiger partial charge >= 0.3 is 0 Å². The molecule has 0 aliphatic carbocycles. The Bertz CT molecular complexity index is 5600. The molecule has 0 bridgehead atoms. The molecule has 0 spiro atoms. The lowest BCUT2D eigenvalue weighted by molar-refractivity contribution is 0.669. The molecule has 394 valence electrons. The van der Waals surface area contributed by atoms with E-state index in [-0.39, 0.29) is 0 Å². The maximum absolute atomic E-state index is 6.68. The summed E-state index contributed by atoms with van der Waals surface area (Å²) in [5, 5.41) is 16.5. The van der Waals surface area contributed by atoms with Crippen molar-refractivity contribution in [2.75, 3.05) is 0 Å². The Labute approximate surface area is 489 Å². The molecule has 3 heterocycles. The summed E-state index contributed by atoms with van der Waals surface area (Å²) in [6, 6.07) is 109. The molecule has 0 saturated carbocycles. The third kappa shape index (κ3) is 7.47. The molecule has 3 heteroatoms. The highest BCUT2D eigenvalue weighted by molar-refractivity contribution is 6.23. The molecule has 18 rings (SSSR count). The van der Waals surface area contributed by atoms with Crippen molar-refractivity contribution in [3.05, 3.63) is 297 Å². The Hall–Kier alpha value is -11.3. The topological polar surface area (TPSA) is 31.2 Å². The quantitative estimate of drug-likeness (QED) is 0.149. The van der Waals surface area contributed by atoms with Crippen LogP contribution in [-0.2, 0) is 0 Å². The first-order chi connectivity index (χ1) is 42.1. The molecular formula is C82H49NO2. The van der Waals surface area contributed by atoms with Crippen LogP contribution in [0.1, 0.15) is 0 Å². The normalized spacial score (nSPS) is 12.0. The van der Waals surface area contributed by atoms with Gasteiger partial charge in [-0.05, 0) is 159 Å². The van der Waals surface area contributed by atoms with Crippen molar-refractivity contribution in [1.82, 2.24) is 4.57 Å². The van der Waals surface area contributed by atoms with Gasteiger partial charge in [-0.25, -0.2) is 0 Å². The van der Waals surface area contributed by atoms with Gasteiger partial charge in [-0.15, -0.1) is 0 Å². The monoisotopic (exact) mass is 1080 g/mol. The molecule has 0 atom stereocenters. The first-order valence-electron chi connectivity index (χ1n) is 29.2. The minimum atomic E-state index is 0.887. The average Bonchev–Trinajstić information content (AvgIpc) is 2.56. The van der Waals surface area contributed by atoms with E-state index in [0.717, 1.165) is 99.2 Å². The van der Waals surface area contributed by atoms with E-state index in [1.807, 2.05) is 12.1 Å². The van der Waals surface area contributed by atoms with Gasteiger partial charge in [0.25, 0.3) is 0 Å². The molecule has 0 N–H and O–H groups in total. The zero-order chi connectivity index (χ0) is 55.7. The van der Waals surface area contributed by atoms with Gasteiger partial charge < -0.3 is 13.4 Å². The lowest BCUT2D eigenvalue weighted by Crippen LogP contribution is -1.96. The number of fused-ring (bicyclic) bond motifs is 13. The number of hydrogen-bond donors (Lipinski definition) is 0. The van der Waals surface area contributed by atoms with Gasteiger partial charge in [0.15, 0.2) is 0 Å². The summed E-state index contributed by atoms with van der Waals surface area (Å²) < 4.78 is 15.8. The van der Waals surface area contributed by atoms with Gasteiger partial charge in [-0.3, -0.25) is 0 Å². The Morgan fingerprint density at radius 2 is 0.600 bits per heavy atom. The summed E-state index contributed by atoms with van der Waals surface area (Å²) in [4.78, 5) is 0. The van der Waals surface area contributed by atoms with Gasteiger partial charge in [0, 0.05) is 49.1 Å². The smallest absolute Gasteiger partial charge is 0.143 e. The highest BCUT2D eigenvalue weighted by Gasteiger charge is 2.22. The van der Waals surface area contributed by atoms with Crippen LogP contribution in [0.2, 0.25) is 0 Å². The molecule has 0 saturated heterocycles. The van der Waals surface area contributed by atoms with E-state index in [9.17, 15) is 0 Å². The van der Waals surface area contributed by atoms with Gasteiger partial charge in [0.1, 0.15) is 22.3 Å². The van der Waals surface area contributed by atoms with Crippen molar-refractivity contribution >= 4 is 109 Å². The fourth-order valence-corrected chi connectivity index (χ4v) is 13.9. The largest absolute Gasteiger partial charge is 0.455 e.